The highest BCUT2D eigenvalue weighted by Crippen LogP contribution is 2.35. The molecule has 0 aliphatic heterocycles. The maximum absolute atomic E-state index is 11.3. The van der Waals surface area contributed by atoms with Crippen LogP contribution in [-0.4, -0.2) is 11.1 Å². The van der Waals surface area contributed by atoms with Gasteiger partial charge in [0.2, 0.25) is 0 Å². The molecule has 0 unspecified atom stereocenters. The molecule has 0 aromatic heterocycles. The second kappa shape index (κ2) is 5.48. The summed E-state index contributed by atoms with van der Waals surface area (Å²) in [7, 11) is 0. The molecule has 110 valence electrons. The molecule has 3 N–H and O–H groups in total. The van der Waals surface area contributed by atoms with E-state index >= 15 is 0 Å². The van der Waals surface area contributed by atoms with Gasteiger partial charge in [0.15, 0.2) is 0 Å². The van der Waals surface area contributed by atoms with E-state index in [2.05, 4.69) is 20.8 Å². The fourth-order valence-electron chi connectivity index (χ4n) is 2.09. The summed E-state index contributed by atoms with van der Waals surface area (Å²) in [4.78, 5) is 11.3. The number of nitrogens with two attached hydrogens (primary N) is 1. The van der Waals surface area contributed by atoms with Gasteiger partial charge in [-0.1, -0.05) is 39.0 Å². The Morgan fingerprint density at radius 2 is 1.76 bits per heavy atom. The third-order valence-electron chi connectivity index (χ3n) is 3.15. The Balaban J connectivity index is 2.49. The second-order valence-corrected chi connectivity index (χ2v) is 5.91. The molecule has 0 bridgehead atoms. The van der Waals surface area contributed by atoms with Gasteiger partial charge in [-0.15, -0.1) is 0 Å². The summed E-state index contributed by atoms with van der Waals surface area (Å²) >= 11 is 0. The Bertz CT molecular complexity index is 672. The number of benzene rings is 2. The number of hydrogen-bond donors (Lipinski definition) is 2. The lowest BCUT2D eigenvalue weighted by molar-refractivity contribution is 0.0694. The topological polar surface area (TPSA) is 72.5 Å². The molecular weight excluding hydrogens is 266 g/mol. The number of carboxylic acids is 1. The monoisotopic (exact) mass is 285 g/mol. The molecule has 0 saturated carbocycles. The first-order chi connectivity index (χ1) is 9.79. The van der Waals surface area contributed by atoms with Crippen LogP contribution in [0.15, 0.2) is 42.5 Å². The minimum absolute atomic E-state index is 0.0907. The van der Waals surface area contributed by atoms with Crippen molar-refractivity contribution in [1.82, 2.24) is 0 Å². The SMILES string of the molecule is CC(C)(C)c1ccccc1Oc1cc(N)ccc1C(=O)O. The van der Waals surface area contributed by atoms with Crippen LogP contribution >= 0.6 is 0 Å². The normalized spacial score (nSPS) is 11.2. The minimum Gasteiger partial charge on any atom is -0.478 e. The maximum atomic E-state index is 11.3. The van der Waals surface area contributed by atoms with Crippen molar-refractivity contribution in [2.75, 3.05) is 5.73 Å². The molecular formula is C17H19NO3. The molecule has 0 atom stereocenters. The third-order valence-corrected chi connectivity index (χ3v) is 3.15. The number of rotatable bonds is 3. The van der Waals surface area contributed by atoms with Crippen LogP contribution < -0.4 is 10.5 Å². The third kappa shape index (κ3) is 3.34. The van der Waals surface area contributed by atoms with Gasteiger partial charge >= 0.3 is 5.97 Å². The predicted molar refractivity (Wildman–Crippen MR) is 83.0 cm³/mol. The van der Waals surface area contributed by atoms with Crippen molar-refractivity contribution in [2.45, 2.75) is 26.2 Å². The van der Waals surface area contributed by atoms with Crippen LogP contribution in [-0.2, 0) is 5.41 Å². The fraction of sp³-hybridized carbons (Fsp3) is 0.235. The first-order valence-corrected chi connectivity index (χ1v) is 6.69. The Morgan fingerprint density at radius 3 is 2.38 bits per heavy atom. The van der Waals surface area contributed by atoms with Gasteiger partial charge in [0, 0.05) is 17.3 Å². The molecule has 2 rings (SSSR count). The molecule has 2 aromatic carbocycles. The van der Waals surface area contributed by atoms with E-state index in [-0.39, 0.29) is 16.7 Å². The number of hydrogen-bond acceptors (Lipinski definition) is 3. The molecule has 21 heavy (non-hydrogen) atoms. The average molecular weight is 285 g/mol. The highest BCUT2D eigenvalue weighted by Gasteiger charge is 2.20. The standard InChI is InChI=1S/C17H19NO3/c1-17(2,3)13-6-4-5-7-14(13)21-15-10-11(18)8-9-12(15)16(19)20/h4-10H,18H2,1-3H3,(H,19,20). The quantitative estimate of drug-likeness (QED) is 0.834. The molecule has 0 fully saturated rings. The average Bonchev–Trinajstić information content (AvgIpc) is 2.37. The zero-order valence-corrected chi connectivity index (χ0v) is 12.4. The highest BCUT2D eigenvalue weighted by atomic mass is 16.5. The van der Waals surface area contributed by atoms with E-state index in [0.29, 0.717) is 11.4 Å². The summed E-state index contributed by atoms with van der Waals surface area (Å²) in [5.41, 5.74) is 7.18. The van der Waals surface area contributed by atoms with Gasteiger partial charge in [0.1, 0.15) is 17.1 Å². The van der Waals surface area contributed by atoms with Crippen molar-refractivity contribution in [3.05, 3.63) is 53.6 Å². The van der Waals surface area contributed by atoms with E-state index in [1.54, 1.807) is 6.07 Å². The molecule has 2 aromatic rings. The number of aromatic carboxylic acids is 1. The number of ether oxygens (including phenoxy) is 1. The van der Waals surface area contributed by atoms with Crippen molar-refractivity contribution >= 4 is 11.7 Å². The van der Waals surface area contributed by atoms with Gasteiger partial charge < -0.3 is 15.6 Å². The molecule has 4 nitrogen and oxygen atoms in total. The van der Waals surface area contributed by atoms with Crippen molar-refractivity contribution in [2.24, 2.45) is 0 Å². The Hall–Kier alpha value is -2.49. The van der Waals surface area contributed by atoms with Gasteiger partial charge in [0.25, 0.3) is 0 Å². The molecule has 4 heteroatoms. The van der Waals surface area contributed by atoms with Crippen LogP contribution in [0.1, 0.15) is 36.7 Å². The van der Waals surface area contributed by atoms with E-state index in [1.165, 1.54) is 12.1 Å². The van der Waals surface area contributed by atoms with Gasteiger partial charge in [-0.2, -0.15) is 0 Å². The maximum Gasteiger partial charge on any atom is 0.339 e. The lowest BCUT2D eigenvalue weighted by Gasteiger charge is -2.23. The van der Waals surface area contributed by atoms with Crippen LogP contribution in [0.2, 0.25) is 0 Å². The van der Waals surface area contributed by atoms with E-state index in [0.717, 1.165) is 5.56 Å². The molecule has 0 radical (unpaired) electrons. The van der Waals surface area contributed by atoms with Crippen LogP contribution in [0.5, 0.6) is 11.5 Å². The van der Waals surface area contributed by atoms with E-state index in [4.69, 9.17) is 10.5 Å². The largest absolute Gasteiger partial charge is 0.478 e. The summed E-state index contributed by atoms with van der Waals surface area (Å²) in [5.74, 6) is -0.157. The van der Waals surface area contributed by atoms with Crippen molar-refractivity contribution in [3.8, 4) is 11.5 Å². The molecule has 0 aliphatic carbocycles. The smallest absolute Gasteiger partial charge is 0.339 e. The predicted octanol–water partition coefficient (Wildman–Crippen LogP) is 4.06. The lowest BCUT2D eigenvalue weighted by Crippen LogP contribution is -2.12. The zero-order chi connectivity index (χ0) is 15.6. The number of carboxylic acid groups (broad SMARTS) is 1. The van der Waals surface area contributed by atoms with Crippen molar-refractivity contribution in [1.29, 1.82) is 0 Å². The Morgan fingerprint density at radius 1 is 1.10 bits per heavy atom. The molecule has 0 spiro atoms. The summed E-state index contributed by atoms with van der Waals surface area (Å²) in [6.07, 6.45) is 0. The minimum atomic E-state index is -1.04. The van der Waals surface area contributed by atoms with Gasteiger partial charge in [-0.05, 0) is 23.6 Å². The summed E-state index contributed by atoms with van der Waals surface area (Å²) in [5, 5.41) is 9.24. The van der Waals surface area contributed by atoms with Crippen LogP contribution in [0.25, 0.3) is 0 Å². The van der Waals surface area contributed by atoms with Crippen LogP contribution in [0, 0.1) is 0 Å². The van der Waals surface area contributed by atoms with Gasteiger partial charge in [-0.25, -0.2) is 4.79 Å². The Labute approximate surface area is 124 Å². The summed E-state index contributed by atoms with van der Waals surface area (Å²) in [6.45, 7) is 6.23. The lowest BCUT2D eigenvalue weighted by atomic mass is 9.86. The molecule has 0 heterocycles. The number of para-hydroxylation sites is 1. The van der Waals surface area contributed by atoms with E-state index in [9.17, 15) is 9.90 Å². The molecule has 0 aliphatic rings. The number of carbonyl (C=O) groups is 1. The van der Waals surface area contributed by atoms with Crippen LogP contribution in [0.4, 0.5) is 5.69 Å². The molecule has 0 saturated heterocycles. The summed E-state index contributed by atoms with van der Waals surface area (Å²) in [6, 6.07) is 12.1. The van der Waals surface area contributed by atoms with Crippen LogP contribution in [0.3, 0.4) is 0 Å². The van der Waals surface area contributed by atoms with Gasteiger partial charge in [0.05, 0.1) is 0 Å². The van der Waals surface area contributed by atoms with Crippen molar-refractivity contribution in [3.63, 3.8) is 0 Å². The number of nitrogen functional groups attached to an aromatic ring is 1. The highest BCUT2D eigenvalue weighted by molar-refractivity contribution is 5.91. The zero-order valence-electron chi connectivity index (χ0n) is 12.4. The van der Waals surface area contributed by atoms with Crippen molar-refractivity contribution < 1.29 is 14.6 Å². The van der Waals surface area contributed by atoms with E-state index in [1.807, 2.05) is 24.3 Å². The van der Waals surface area contributed by atoms with E-state index < -0.39 is 5.97 Å². The first-order valence-electron chi connectivity index (χ1n) is 6.69. The van der Waals surface area contributed by atoms with Gasteiger partial charge in [-0.3, -0.25) is 0 Å². The second-order valence-electron chi connectivity index (χ2n) is 5.91. The first kappa shape index (κ1) is 14.9. The fourth-order valence-corrected chi connectivity index (χ4v) is 2.09. The Kier molecular flexibility index (Phi) is 3.89. The summed E-state index contributed by atoms with van der Waals surface area (Å²) < 4.78 is 5.85. The number of anilines is 1. The molecule has 0 amide bonds.